The number of pyridine rings is 1. The summed E-state index contributed by atoms with van der Waals surface area (Å²) in [4.78, 5) is 39.4. The van der Waals surface area contributed by atoms with Gasteiger partial charge in [-0.25, -0.2) is 4.79 Å². The van der Waals surface area contributed by atoms with Crippen LogP contribution in [0.15, 0.2) is 18.5 Å². The largest absolute Gasteiger partial charge is 0.480 e. The van der Waals surface area contributed by atoms with E-state index in [9.17, 15) is 14.4 Å². The van der Waals surface area contributed by atoms with E-state index in [0.717, 1.165) is 4.90 Å². The lowest BCUT2D eigenvalue weighted by molar-refractivity contribution is -0.144. The molecule has 1 atom stereocenters. The van der Waals surface area contributed by atoms with Gasteiger partial charge in [0.1, 0.15) is 12.6 Å². The topological polar surface area (TPSA) is 99.6 Å². The van der Waals surface area contributed by atoms with E-state index >= 15 is 0 Å². The summed E-state index contributed by atoms with van der Waals surface area (Å²) in [5, 5.41) is 11.6. The van der Waals surface area contributed by atoms with Crippen LogP contribution in [0.5, 0.6) is 0 Å². The summed E-state index contributed by atoms with van der Waals surface area (Å²) in [6.07, 6.45) is 2.66. The minimum Gasteiger partial charge on any atom is -0.480 e. The van der Waals surface area contributed by atoms with Crippen molar-refractivity contribution in [2.45, 2.75) is 6.04 Å². The van der Waals surface area contributed by atoms with Gasteiger partial charge >= 0.3 is 5.97 Å². The van der Waals surface area contributed by atoms with Crippen LogP contribution in [0.2, 0.25) is 5.02 Å². The Balaban J connectivity index is 2.32. The van der Waals surface area contributed by atoms with Gasteiger partial charge in [0, 0.05) is 18.9 Å². The van der Waals surface area contributed by atoms with Crippen molar-refractivity contribution in [3.05, 3.63) is 29.0 Å². The molecule has 19 heavy (non-hydrogen) atoms. The summed E-state index contributed by atoms with van der Waals surface area (Å²) in [5.41, 5.74) is 0.0742. The van der Waals surface area contributed by atoms with Crippen molar-refractivity contribution in [2.75, 3.05) is 13.1 Å². The molecule has 1 fully saturated rings. The van der Waals surface area contributed by atoms with Crippen molar-refractivity contribution in [3.8, 4) is 0 Å². The Bertz CT molecular complexity index is 548. The number of piperazine rings is 1. The number of halogens is 1. The average molecular weight is 284 g/mol. The number of carbonyl (C=O) groups excluding carboxylic acids is 2. The molecule has 1 saturated heterocycles. The zero-order chi connectivity index (χ0) is 14.0. The van der Waals surface area contributed by atoms with Gasteiger partial charge in [-0.15, -0.1) is 0 Å². The second-order valence-corrected chi connectivity index (χ2v) is 4.35. The highest BCUT2D eigenvalue weighted by molar-refractivity contribution is 6.33. The number of hydrogen-bond donors (Lipinski definition) is 2. The Kier molecular flexibility index (Phi) is 3.66. The highest BCUT2D eigenvalue weighted by atomic mass is 35.5. The van der Waals surface area contributed by atoms with Crippen molar-refractivity contribution in [2.24, 2.45) is 0 Å². The van der Waals surface area contributed by atoms with Crippen molar-refractivity contribution in [3.63, 3.8) is 0 Å². The van der Waals surface area contributed by atoms with E-state index in [1.165, 1.54) is 18.5 Å². The predicted octanol–water partition coefficient (Wildman–Crippen LogP) is -0.240. The SMILES string of the molecule is O=C1CN(C(=O)c2cnccc2Cl)C(C(=O)O)CN1. The van der Waals surface area contributed by atoms with Crippen molar-refractivity contribution in [1.29, 1.82) is 0 Å². The molecular weight excluding hydrogens is 274 g/mol. The maximum absolute atomic E-state index is 12.2. The summed E-state index contributed by atoms with van der Waals surface area (Å²) in [6.45, 7) is -0.446. The molecule has 1 unspecified atom stereocenters. The normalized spacial score (nSPS) is 18.9. The van der Waals surface area contributed by atoms with Gasteiger partial charge in [-0.3, -0.25) is 14.6 Å². The Morgan fingerprint density at radius 3 is 2.89 bits per heavy atom. The highest BCUT2D eigenvalue weighted by Crippen LogP contribution is 2.18. The van der Waals surface area contributed by atoms with E-state index in [4.69, 9.17) is 16.7 Å². The van der Waals surface area contributed by atoms with Crippen LogP contribution in [-0.4, -0.2) is 51.9 Å². The summed E-state index contributed by atoms with van der Waals surface area (Å²) < 4.78 is 0. The number of amides is 2. The Labute approximate surface area is 113 Å². The van der Waals surface area contributed by atoms with Gasteiger partial charge in [-0.05, 0) is 6.07 Å². The molecule has 7 nitrogen and oxygen atoms in total. The first-order valence-corrected chi connectivity index (χ1v) is 5.78. The Morgan fingerprint density at radius 1 is 1.53 bits per heavy atom. The predicted molar refractivity (Wildman–Crippen MR) is 64.7 cm³/mol. The molecule has 0 aliphatic carbocycles. The molecule has 1 aliphatic heterocycles. The number of rotatable bonds is 2. The smallest absolute Gasteiger partial charge is 0.328 e. The van der Waals surface area contributed by atoms with Crippen LogP contribution < -0.4 is 5.32 Å². The van der Waals surface area contributed by atoms with Crippen LogP contribution in [0.3, 0.4) is 0 Å². The number of carbonyl (C=O) groups is 3. The number of hydrogen-bond acceptors (Lipinski definition) is 4. The molecule has 0 saturated carbocycles. The van der Waals surface area contributed by atoms with Gasteiger partial charge in [-0.1, -0.05) is 11.6 Å². The summed E-state index contributed by atoms with van der Waals surface area (Å²) >= 11 is 5.87. The maximum atomic E-state index is 12.2. The lowest BCUT2D eigenvalue weighted by Gasteiger charge is -2.32. The van der Waals surface area contributed by atoms with E-state index in [2.05, 4.69) is 10.3 Å². The van der Waals surface area contributed by atoms with Gasteiger partial charge in [-0.2, -0.15) is 0 Å². The van der Waals surface area contributed by atoms with Crippen LogP contribution in [0.25, 0.3) is 0 Å². The van der Waals surface area contributed by atoms with Crippen LogP contribution in [-0.2, 0) is 9.59 Å². The first-order valence-electron chi connectivity index (χ1n) is 5.40. The zero-order valence-electron chi connectivity index (χ0n) is 9.67. The summed E-state index contributed by atoms with van der Waals surface area (Å²) in [5.74, 6) is -2.22. The fourth-order valence-corrected chi connectivity index (χ4v) is 1.95. The van der Waals surface area contributed by atoms with E-state index in [0.29, 0.717) is 0 Å². The third-order valence-electron chi connectivity index (χ3n) is 2.73. The van der Waals surface area contributed by atoms with E-state index in [1.54, 1.807) is 0 Å². The average Bonchev–Trinajstić information content (AvgIpc) is 2.38. The van der Waals surface area contributed by atoms with E-state index in [1.807, 2.05) is 0 Å². The van der Waals surface area contributed by atoms with Crippen LogP contribution in [0, 0.1) is 0 Å². The molecule has 2 N–H and O–H groups in total. The number of carboxylic acid groups (broad SMARTS) is 1. The molecule has 2 amide bonds. The zero-order valence-corrected chi connectivity index (χ0v) is 10.4. The minimum absolute atomic E-state index is 0.0742. The van der Waals surface area contributed by atoms with Crippen molar-refractivity contribution >= 4 is 29.4 Å². The molecule has 2 heterocycles. The lowest BCUT2D eigenvalue weighted by Crippen LogP contribution is -2.59. The summed E-state index contributed by atoms with van der Waals surface area (Å²) in [6, 6.07) is 0.315. The fourth-order valence-electron chi connectivity index (χ4n) is 1.77. The lowest BCUT2D eigenvalue weighted by atomic mass is 10.1. The molecular formula is C11H10ClN3O4. The quantitative estimate of drug-likeness (QED) is 0.780. The second-order valence-electron chi connectivity index (χ2n) is 3.95. The van der Waals surface area contributed by atoms with Gasteiger partial charge in [0.15, 0.2) is 0 Å². The van der Waals surface area contributed by atoms with E-state index < -0.39 is 23.8 Å². The molecule has 0 aromatic carbocycles. The molecule has 0 bridgehead atoms. The number of nitrogens with zero attached hydrogens (tertiary/aromatic N) is 2. The van der Waals surface area contributed by atoms with Crippen molar-refractivity contribution < 1.29 is 19.5 Å². The standard InChI is InChI=1S/C11H10ClN3O4/c12-7-1-2-13-3-6(7)10(17)15-5-9(16)14-4-8(15)11(18)19/h1-3,8H,4-5H2,(H,14,16)(H,18,19). The fraction of sp³-hybridized carbons (Fsp3) is 0.273. The number of carboxylic acids is 1. The number of aromatic nitrogens is 1. The highest BCUT2D eigenvalue weighted by Gasteiger charge is 2.36. The number of nitrogens with one attached hydrogen (secondary N) is 1. The van der Waals surface area contributed by atoms with Crippen LogP contribution in [0.1, 0.15) is 10.4 Å². The first kappa shape index (κ1) is 13.3. The second kappa shape index (κ2) is 5.23. The molecule has 0 spiro atoms. The van der Waals surface area contributed by atoms with Gasteiger partial charge in [0.25, 0.3) is 5.91 Å². The third-order valence-corrected chi connectivity index (χ3v) is 3.06. The van der Waals surface area contributed by atoms with E-state index in [-0.39, 0.29) is 23.7 Å². The molecule has 1 aromatic rings. The van der Waals surface area contributed by atoms with Gasteiger partial charge in [0.2, 0.25) is 5.91 Å². The molecule has 100 valence electrons. The molecule has 1 aromatic heterocycles. The minimum atomic E-state index is -1.19. The summed E-state index contributed by atoms with van der Waals surface area (Å²) in [7, 11) is 0. The molecule has 1 aliphatic rings. The molecule has 0 radical (unpaired) electrons. The first-order chi connectivity index (χ1) is 9.00. The Morgan fingerprint density at radius 2 is 2.26 bits per heavy atom. The van der Waals surface area contributed by atoms with Gasteiger partial charge < -0.3 is 15.3 Å². The third kappa shape index (κ3) is 2.65. The van der Waals surface area contributed by atoms with Crippen LogP contribution in [0.4, 0.5) is 0 Å². The number of aliphatic carboxylic acids is 1. The van der Waals surface area contributed by atoms with Gasteiger partial charge in [0.05, 0.1) is 10.6 Å². The van der Waals surface area contributed by atoms with Crippen molar-refractivity contribution in [1.82, 2.24) is 15.2 Å². The monoisotopic (exact) mass is 283 g/mol. The van der Waals surface area contributed by atoms with Crippen LogP contribution >= 0.6 is 11.6 Å². The molecule has 2 rings (SSSR count). The maximum Gasteiger partial charge on any atom is 0.328 e. The molecule has 8 heteroatoms. The Hall–Kier alpha value is -2.15.